The SMILES string of the molecule is O=S(=O)(c1cccc(Cl)c1)N(CC1CCCN1)C1CC1. The van der Waals surface area contributed by atoms with Gasteiger partial charge in [0.2, 0.25) is 10.0 Å². The molecule has 110 valence electrons. The lowest BCUT2D eigenvalue weighted by molar-refractivity contribution is 0.363. The minimum Gasteiger partial charge on any atom is -0.313 e. The molecule has 0 aromatic heterocycles. The maximum absolute atomic E-state index is 12.8. The van der Waals surface area contributed by atoms with Crippen LogP contribution in [0.25, 0.3) is 0 Å². The highest BCUT2D eigenvalue weighted by atomic mass is 35.5. The first kappa shape index (κ1) is 14.3. The van der Waals surface area contributed by atoms with Gasteiger partial charge in [-0.3, -0.25) is 0 Å². The van der Waals surface area contributed by atoms with Crippen molar-refractivity contribution in [2.24, 2.45) is 0 Å². The Bertz CT molecular complexity index is 581. The van der Waals surface area contributed by atoms with Crippen molar-refractivity contribution in [3.05, 3.63) is 29.3 Å². The zero-order valence-electron chi connectivity index (χ0n) is 11.3. The van der Waals surface area contributed by atoms with Crippen LogP contribution in [0, 0.1) is 0 Å². The minimum absolute atomic E-state index is 0.168. The van der Waals surface area contributed by atoms with E-state index in [1.54, 1.807) is 22.5 Å². The van der Waals surface area contributed by atoms with E-state index >= 15 is 0 Å². The van der Waals surface area contributed by atoms with Crippen LogP contribution >= 0.6 is 11.6 Å². The van der Waals surface area contributed by atoms with Gasteiger partial charge in [-0.25, -0.2) is 8.42 Å². The van der Waals surface area contributed by atoms with E-state index in [4.69, 9.17) is 11.6 Å². The van der Waals surface area contributed by atoms with E-state index in [1.165, 1.54) is 6.07 Å². The molecule has 0 bridgehead atoms. The molecule has 1 atom stereocenters. The lowest BCUT2D eigenvalue weighted by Gasteiger charge is -2.25. The number of hydrogen-bond donors (Lipinski definition) is 1. The Morgan fingerprint density at radius 3 is 2.70 bits per heavy atom. The minimum atomic E-state index is -3.44. The molecule has 1 saturated heterocycles. The van der Waals surface area contributed by atoms with Crippen LogP contribution in [0.1, 0.15) is 25.7 Å². The van der Waals surface area contributed by atoms with E-state index in [0.717, 1.165) is 32.2 Å². The highest BCUT2D eigenvalue weighted by Crippen LogP contribution is 2.33. The van der Waals surface area contributed by atoms with Crippen LogP contribution in [0.2, 0.25) is 5.02 Å². The summed E-state index contributed by atoms with van der Waals surface area (Å²) in [6.07, 6.45) is 4.10. The van der Waals surface area contributed by atoms with Gasteiger partial charge in [-0.05, 0) is 50.4 Å². The largest absolute Gasteiger partial charge is 0.313 e. The van der Waals surface area contributed by atoms with Crippen LogP contribution in [0.15, 0.2) is 29.2 Å². The van der Waals surface area contributed by atoms with E-state index in [1.807, 2.05) is 0 Å². The molecule has 0 radical (unpaired) electrons. The summed E-state index contributed by atoms with van der Waals surface area (Å²) in [6, 6.07) is 6.99. The lowest BCUT2D eigenvalue weighted by Crippen LogP contribution is -2.42. The number of halogens is 1. The summed E-state index contributed by atoms with van der Waals surface area (Å²) < 4.78 is 27.3. The van der Waals surface area contributed by atoms with Crippen molar-refractivity contribution in [3.63, 3.8) is 0 Å². The number of sulfonamides is 1. The van der Waals surface area contributed by atoms with Gasteiger partial charge in [-0.1, -0.05) is 17.7 Å². The van der Waals surface area contributed by atoms with Crippen molar-refractivity contribution in [1.29, 1.82) is 0 Å². The van der Waals surface area contributed by atoms with Gasteiger partial charge in [0.1, 0.15) is 0 Å². The topological polar surface area (TPSA) is 49.4 Å². The second-order valence-corrected chi connectivity index (χ2v) is 7.88. The van der Waals surface area contributed by atoms with E-state index in [-0.39, 0.29) is 12.1 Å². The first-order valence-electron chi connectivity index (χ1n) is 7.08. The fourth-order valence-electron chi connectivity index (χ4n) is 2.70. The third kappa shape index (κ3) is 3.01. The predicted octanol–water partition coefficient (Wildman–Crippen LogP) is 2.25. The van der Waals surface area contributed by atoms with Crippen LogP contribution in [0.3, 0.4) is 0 Å². The van der Waals surface area contributed by atoms with Crippen LogP contribution in [-0.4, -0.2) is 37.9 Å². The molecule has 1 unspecified atom stereocenters. The Morgan fingerprint density at radius 2 is 2.10 bits per heavy atom. The zero-order valence-corrected chi connectivity index (χ0v) is 12.8. The first-order valence-corrected chi connectivity index (χ1v) is 8.90. The maximum atomic E-state index is 12.8. The van der Waals surface area contributed by atoms with Crippen molar-refractivity contribution in [3.8, 4) is 0 Å². The average Bonchev–Trinajstić information content (AvgIpc) is 3.12. The molecule has 1 saturated carbocycles. The maximum Gasteiger partial charge on any atom is 0.243 e. The Balaban J connectivity index is 1.85. The Morgan fingerprint density at radius 1 is 1.30 bits per heavy atom. The molecule has 1 aliphatic carbocycles. The summed E-state index contributed by atoms with van der Waals surface area (Å²) in [5.74, 6) is 0. The smallest absolute Gasteiger partial charge is 0.243 e. The number of hydrogen-bond acceptors (Lipinski definition) is 3. The van der Waals surface area contributed by atoms with Crippen LogP contribution < -0.4 is 5.32 Å². The Kier molecular flexibility index (Phi) is 4.04. The van der Waals surface area contributed by atoms with Gasteiger partial charge in [-0.15, -0.1) is 0 Å². The number of rotatable bonds is 5. The van der Waals surface area contributed by atoms with Crippen LogP contribution in [0.5, 0.6) is 0 Å². The normalized spacial score (nSPS) is 23.4. The number of benzene rings is 1. The molecule has 1 heterocycles. The fourth-order valence-corrected chi connectivity index (χ4v) is 4.73. The standard InChI is InChI=1S/C14H19ClN2O2S/c15-11-3-1-5-14(9-11)20(18,19)17(13-6-7-13)10-12-4-2-8-16-12/h1,3,5,9,12-13,16H,2,4,6-8,10H2. The second kappa shape index (κ2) is 5.64. The molecule has 3 rings (SSSR count). The van der Waals surface area contributed by atoms with Gasteiger partial charge < -0.3 is 5.32 Å². The third-order valence-electron chi connectivity index (χ3n) is 3.92. The zero-order chi connectivity index (χ0) is 14.2. The monoisotopic (exact) mass is 314 g/mol. The van der Waals surface area contributed by atoms with E-state index in [2.05, 4.69) is 5.32 Å². The van der Waals surface area contributed by atoms with Crippen molar-refractivity contribution < 1.29 is 8.42 Å². The van der Waals surface area contributed by atoms with E-state index < -0.39 is 10.0 Å². The molecule has 1 aromatic rings. The number of nitrogens with zero attached hydrogens (tertiary/aromatic N) is 1. The Labute approximate surface area is 125 Å². The molecule has 0 amide bonds. The van der Waals surface area contributed by atoms with Gasteiger partial charge in [0.05, 0.1) is 4.90 Å². The highest BCUT2D eigenvalue weighted by molar-refractivity contribution is 7.89. The molecule has 0 spiro atoms. The second-order valence-electron chi connectivity index (χ2n) is 5.56. The fraction of sp³-hybridized carbons (Fsp3) is 0.571. The van der Waals surface area contributed by atoms with Crippen molar-refractivity contribution in [2.45, 2.75) is 42.7 Å². The number of nitrogens with one attached hydrogen (secondary N) is 1. The molecule has 1 N–H and O–H groups in total. The summed E-state index contributed by atoms with van der Waals surface area (Å²) in [6.45, 7) is 1.56. The molecular weight excluding hydrogens is 296 g/mol. The lowest BCUT2D eigenvalue weighted by atomic mass is 10.2. The first-order chi connectivity index (χ1) is 9.57. The van der Waals surface area contributed by atoms with Crippen molar-refractivity contribution >= 4 is 21.6 Å². The van der Waals surface area contributed by atoms with Crippen LogP contribution in [0.4, 0.5) is 0 Å². The summed E-state index contributed by atoms with van der Waals surface area (Å²) in [7, 11) is -3.44. The summed E-state index contributed by atoms with van der Waals surface area (Å²) in [4.78, 5) is 0.301. The van der Waals surface area contributed by atoms with E-state index in [0.29, 0.717) is 16.5 Å². The van der Waals surface area contributed by atoms with Gasteiger partial charge in [0, 0.05) is 23.7 Å². The predicted molar refractivity (Wildman–Crippen MR) is 79.4 cm³/mol. The third-order valence-corrected chi connectivity index (χ3v) is 6.07. The molecule has 4 nitrogen and oxygen atoms in total. The highest BCUT2D eigenvalue weighted by Gasteiger charge is 2.39. The van der Waals surface area contributed by atoms with Crippen LogP contribution in [-0.2, 0) is 10.0 Å². The Hall–Kier alpha value is -0.620. The quantitative estimate of drug-likeness (QED) is 0.907. The molecule has 20 heavy (non-hydrogen) atoms. The molecular formula is C14H19ClN2O2S. The van der Waals surface area contributed by atoms with Gasteiger partial charge in [0.25, 0.3) is 0 Å². The molecule has 1 aromatic carbocycles. The summed E-state index contributed by atoms with van der Waals surface area (Å²) in [5.41, 5.74) is 0. The molecule has 1 aliphatic heterocycles. The van der Waals surface area contributed by atoms with Crippen molar-refractivity contribution in [2.75, 3.05) is 13.1 Å². The van der Waals surface area contributed by atoms with Gasteiger partial charge in [-0.2, -0.15) is 4.31 Å². The molecule has 2 aliphatic rings. The average molecular weight is 315 g/mol. The van der Waals surface area contributed by atoms with Gasteiger partial charge >= 0.3 is 0 Å². The van der Waals surface area contributed by atoms with Crippen molar-refractivity contribution in [1.82, 2.24) is 9.62 Å². The summed E-state index contributed by atoms with van der Waals surface area (Å²) >= 11 is 5.93. The summed E-state index contributed by atoms with van der Waals surface area (Å²) in [5, 5.41) is 3.83. The van der Waals surface area contributed by atoms with E-state index in [9.17, 15) is 8.42 Å². The molecule has 6 heteroatoms. The molecule has 2 fully saturated rings. The van der Waals surface area contributed by atoms with Gasteiger partial charge in [0.15, 0.2) is 0 Å².